The zero-order valence-corrected chi connectivity index (χ0v) is 11.5. The Labute approximate surface area is 108 Å². The van der Waals surface area contributed by atoms with Crippen molar-refractivity contribution < 1.29 is 8.42 Å². The van der Waals surface area contributed by atoms with Crippen molar-refractivity contribution in [2.75, 3.05) is 11.5 Å². The maximum atomic E-state index is 11.4. The van der Waals surface area contributed by atoms with Gasteiger partial charge in [-0.2, -0.15) is 0 Å². The third-order valence-electron chi connectivity index (χ3n) is 3.29. The fourth-order valence-electron chi connectivity index (χ4n) is 2.34. The first-order valence-electron chi connectivity index (χ1n) is 5.86. The zero-order chi connectivity index (χ0) is 12.5. The minimum atomic E-state index is -2.83. The van der Waals surface area contributed by atoms with Gasteiger partial charge in [0.05, 0.1) is 11.5 Å². The molecule has 0 bridgehead atoms. The first-order chi connectivity index (χ1) is 7.96. The molecule has 1 aromatic rings. The van der Waals surface area contributed by atoms with E-state index in [-0.39, 0.29) is 17.0 Å². The van der Waals surface area contributed by atoms with Gasteiger partial charge < -0.3 is 0 Å². The van der Waals surface area contributed by atoms with Crippen molar-refractivity contribution in [3.8, 4) is 0 Å². The quantitative estimate of drug-likeness (QED) is 0.793. The molecule has 0 aromatic heterocycles. The minimum absolute atomic E-state index is 0.0749. The average Bonchev–Trinajstić information content (AvgIpc) is 2.59. The number of halogens is 1. The molecule has 0 N–H and O–H groups in total. The molecule has 2 rings (SSSR count). The molecule has 1 aliphatic rings. The highest BCUT2D eigenvalue weighted by atomic mass is 35.5. The van der Waals surface area contributed by atoms with Gasteiger partial charge in [-0.3, -0.25) is 0 Å². The second kappa shape index (κ2) is 4.99. The molecule has 0 amide bonds. The minimum Gasteiger partial charge on any atom is -0.229 e. The van der Waals surface area contributed by atoms with Gasteiger partial charge in [0.25, 0.3) is 0 Å². The van der Waals surface area contributed by atoms with Gasteiger partial charge in [-0.1, -0.05) is 29.8 Å². The van der Waals surface area contributed by atoms with E-state index in [4.69, 9.17) is 11.6 Å². The van der Waals surface area contributed by atoms with Crippen molar-refractivity contribution >= 4 is 21.4 Å². The Morgan fingerprint density at radius 2 is 2.24 bits per heavy atom. The molecule has 2 unspecified atom stereocenters. The predicted molar refractivity (Wildman–Crippen MR) is 71.3 cm³/mol. The van der Waals surface area contributed by atoms with Crippen molar-refractivity contribution in [1.82, 2.24) is 0 Å². The molecular formula is C13H17ClO2S. The van der Waals surface area contributed by atoms with Crippen LogP contribution in [0.1, 0.15) is 17.5 Å². The Morgan fingerprint density at radius 1 is 1.47 bits per heavy atom. The second-order valence-electron chi connectivity index (χ2n) is 4.87. The SMILES string of the molecule is Cc1cccc(CC(Cl)C2CCS(=O)(=O)C2)c1. The van der Waals surface area contributed by atoms with E-state index in [1.165, 1.54) is 11.1 Å². The summed E-state index contributed by atoms with van der Waals surface area (Å²) in [6.07, 6.45) is 1.46. The van der Waals surface area contributed by atoms with Crippen molar-refractivity contribution in [2.45, 2.75) is 25.1 Å². The lowest BCUT2D eigenvalue weighted by Gasteiger charge is -2.15. The number of hydrogen-bond donors (Lipinski definition) is 0. The monoisotopic (exact) mass is 272 g/mol. The van der Waals surface area contributed by atoms with Crippen LogP contribution in [0.15, 0.2) is 24.3 Å². The van der Waals surface area contributed by atoms with E-state index in [2.05, 4.69) is 6.07 Å². The van der Waals surface area contributed by atoms with Gasteiger partial charge in [0.2, 0.25) is 0 Å². The predicted octanol–water partition coefficient (Wildman–Crippen LogP) is 2.58. The highest BCUT2D eigenvalue weighted by molar-refractivity contribution is 7.91. The van der Waals surface area contributed by atoms with Crippen LogP contribution >= 0.6 is 11.6 Å². The zero-order valence-electron chi connectivity index (χ0n) is 9.90. The Hall–Kier alpha value is -0.540. The molecule has 1 fully saturated rings. The fraction of sp³-hybridized carbons (Fsp3) is 0.538. The lowest BCUT2D eigenvalue weighted by Crippen LogP contribution is -2.18. The van der Waals surface area contributed by atoms with E-state index < -0.39 is 9.84 Å². The van der Waals surface area contributed by atoms with Gasteiger partial charge in [0.15, 0.2) is 9.84 Å². The lowest BCUT2D eigenvalue weighted by atomic mass is 9.98. The first kappa shape index (κ1) is 12.9. The summed E-state index contributed by atoms with van der Waals surface area (Å²) < 4.78 is 22.8. The summed E-state index contributed by atoms with van der Waals surface area (Å²) >= 11 is 6.34. The van der Waals surface area contributed by atoms with Gasteiger partial charge in [0, 0.05) is 5.38 Å². The van der Waals surface area contributed by atoms with Crippen molar-refractivity contribution in [1.29, 1.82) is 0 Å². The van der Waals surface area contributed by atoms with Crippen LogP contribution in [0.4, 0.5) is 0 Å². The van der Waals surface area contributed by atoms with Crippen LogP contribution in [-0.2, 0) is 16.3 Å². The van der Waals surface area contributed by atoms with Gasteiger partial charge in [0.1, 0.15) is 0 Å². The highest BCUT2D eigenvalue weighted by Crippen LogP contribution is 2.27. The fourth-order valence-corrected chi connectivity index (χ4v) is 4.72. The Morgan fingerprint density at radius 3 is 2.82 bits per heavy atom. The Balaban J connectivity index is 2.00. The number of benzene rings is 1. The normalized spacial score (nSPS) is 24.7. The van der Waals surface area contributed by atoms with E-state index in [9.17, 15) is 8.42 Å². The topological polar surface area (TPSA) is 34.1 Å². The molecule has 0 radical (unpaired) electrons. The second-order valence-corrected chi connectivity index (χ2v) is 7.66. The molecule has 17 heavy (non-hydrogen) atoms. The van der Waals surface area contributed by atoms with Crippen molar-refractivity contribution in [2.24, 2.45) is 5.92 Å². The number of aryl methyl sites for hydroxylation is 1. The van der Waals surface area contributed by atoms with Crippen molar-refractivity contribution in [3.63, 3.8) is 0 Å². The van der Waals surface area contributed by atoms with E-state index in [0.717, 1.165) is 6.42 Å². The third kappa shape index (κ3) is 3.46. The largest absolute Gasteiger partial charge is 0.229 e. The summed E-state index contributed by atoms with van der Waals surface area (Å²) in [6.45, 7) is 2.05. The van der Waals surface area contributed by atoms with E-state index in [1.54, 1.807) is 0 Å². The van der Waals surface area contributed by atoms with Crippen LogP contribution in [-0.4, -0.2) is 25.3 Å². The van der Waals surface area contributed by atoms with Crippen molar-refractivity contribution in [3.05, 3.63) is 35.4 Å². The standard InChI is InChI=1S/C13H17ClO2S/c1-10-3-2-4-11(7-10)8-13(14)12-5-6-17(15,16)9-12/h2-4,7,12-13H,5-6,8-9H2,1H3. The van der Waals surface area contributed by atoms with E-state index in [1.807, 2.05) is 25.1 Å². The molecule has 0 spiro atoms. The van der Waals surface area contributed by atoms with E-state index in [0.29, 0.717) is 12.2 Å². The Kier molecular flexibility index (Phi) is 3.79. The molecule has 2 nitrogen and oxygen atoms in total. The summed E-state index contributed by atoms with van der Waals surface area (Å²) in [6, 6.07) is 8.22. The highest BCUT2D eigenvalue weighted by Gasteiger charge is 2.32. The molecule has 0 aliphatic carbocycles. The smallest absolute Gasteiger partial charge is 0.150 e. The van der Waals surface area contributed by atoms with Crippen LogP contribution < -0.4 is 0 Å². The molecule has 94 valence electrons. The summed E-state index contributed by atoms with van der Waals surface area (Å²) in [5, 5.41) is -0.0749. The first-order valence-corrected chi connectivity index (χ1v) is 8.12. The molecular weight excluding hydrogens is 256 g/mol. The molecule has 1 saturated heterocycles. The van der Waals surface area contributed by atoms with Crippen LogP contribution in [0, 0.1) is 12.8 Å². The lowest BCUT2D eigenvalue weighted by molar-refractivity contribution is 0.550. The van der Waals surface area contributed by atoms with E-state index >= 15 is 0 Å². The maximum Gasteiger partial charge on any atom is 0.150 e. The van der Waals surface area contributed by atoms with Crippen LogP contribution in [0.2, 0.25) is 0 Å². The summed E-state index contributed by atoms with van der Waals surface area (Å²) in [5.41, 5.74) is 2.40. The molecule has 1 aromatic carbocycles. The molecule has 1 heterocycles. The third-order valence-corrected chi connectivity index (χ3v) is 5.60. The van der Waals surface area contributed by atoms with Crippen LogP contribution in [0.25, 0.3) is 0 Å². The maximum absolute atomic E-state index is 11.4. The van der Waals surface area contributed by atoms with Crippen LogP contribution in [0.3, 0.4) is 0 Å². The molecule has 0 saturated carbocycles. The summed E-state index contributed by atoms with van der Waals surface area (Å²) in [5.74, 6) is 0.670. The number of rotatable bonds is 3. The molecule has 4 heteroatoms. The summed E-state index contributed by atoms with van der Waals surface area (Å²) in [7, 11) is -2.83. The molecule has 2 atom stereocenters. The van der Waals surface area contributed by atoms with Gasteiger partial charge in [-0.25, -0.2) is 8.42 Å². The number of hydrogen-bond acceptors (Lipinski definition) is 2. The van der Waals surface area contributed by atoms with Gasteiger partial charge in [-0.05, 0) is 31.2 Å². The van der Waals surface area contributed by atoms with Gasteiger partial charge >= 0.3 is 0 Å². The number of alkyl halides is 1. The summed E-state index contributed by atoms with van der Waals surface area (Å²) in [4.78, 5) is 0. The molecule has 1 aliphatic heterocycles. The average molecular weight is 273 g/mol. The Bertz CT molecular complexity index is 496. The van der Waals surface area contributed by atoms with Gasteiger partial charge in [-0.15, -0.1) is 11.6 Å². The van der Waals surface area contributed by atoms with Crippen LogP contribution in [0.5, 0.6) is 0 Å². The number of sulfone groups is 1.